The van der Waals surface area contributed by atoms with E-state index in [4.69, 9.17) is 0 Å². The summed E-state index contributed by atoms with van der Waals surface area (Å²) in [6.07, 6.45) is 2.99. The molecule has 2 rings (SSSR count). The summed E-state index contributed by atoms with van der Waals surface area (Å²) in [6.45, 7) is 1.93. The molecule has 0 atom stereocenters. The van der Waals surface area contributed by atoms with E-state index in [1.165, 1.54) is 6.20 Å². The zero-order valence-corrected chi connectivity index (χ0v) is 12.3. The second-order valence-electron chi connectivity index (χ2n) is 4.11. The second-order valence-corrected chi connectivity index (χ2v) is 4.97. The maximum absolute atomic E-state index is 11.9. The monoisotopic (exact) mass is 333 g/mol. The Morgan fingerprint density at radius 1 is 1.10 bits per heavy atom. The number of hydrogen-bond donors (Lipinski definition) is 2. The first-order chi connectivity index (χ1) is 9.58. The molecular weight excluding hydrogens is 322 g/mol. The molecule has 20 heavy (non-hydrogen) atoms. The summed E-state index contributed by atoms with van der Waals surface area (Å²) in [7, 11) is 0. The number of amides is 2. The second kappa shape index (κ2) is 6.29. The van der Waals surface area contributed by atoms with Gasteiger partial charge < -0.3 is 0 Å². The molecule has 5 nitrogen and oxygen atoms in total. The summed E-state index contributed by atoms with van der Waals surface area (Å²) in [5.41, 5.74) is 6.55. The van der Waals surface area contributed by atoms with E-state index in [2.05, 4.69) is 31.8 Å². The molecule has 2 amide bonds. The number of rotatable bonds is 2. The molecule has 0 bridgehead atoms. The van der Waals surface area contributed by atoms with Crippen LogP contribution in [-0.4, -0.2) is 16.8 Å². The summed E-state index contributed by atoms with van der Waals surface area (Å²) in [4.78, 5) is 27.4. The summed E-state index contributed by atoms with van der Waals surface area (Å²) < 4.78 is 0.837. The predicted octanol–water partition coefficient (Wildman–Crippen LogP) is 2.23. The van der Waals surface area contributed by atoms with Crippen LogP contribution in [0, 0.1) is 6.92 Å². The van der Waals surface area contributed by atoms with Crippen molar-refractivity contribution in [1.82, 2.24) is 15.8 Å². The van der Waals surface area contributed by atoms with Crippen LogP contribution in [-0.2, 0) is 0 Å². The van der Waals surface area contributed by atoms with Gasteiger partial charge in [-0.25, -0.2) is 0 Å². The van der Waals surface area contributed by atoms with E-state index in [0.29, 0.717) is 11.1 Å². The molecule has 0 aliphatic rings. The summed E-state index contributed by atoms with van der Waals surface area (Å²) in [5, 5.41) is 0. The molecule has 0 aliphatic carbocycles. The quantitative estimate of drug-likeness (QED) is 0.828. The van der Waals surface area contributed by atoms with E-state index < -0.39 is 5.91 Å². The summed E-state index contributed by atoms with van der Waals surface area (Å²) in [6, 6.07) is 8.46. The standard InChI is InChI=1S/C14H12BrN3O2/c1-9-4-5-10(7-12(9)15)13(19)17-18-14(20)11-3-2-6-16-8-11/h2-8H,1H3,(H,17,19)(H,18,20). The fourth-order valence-corrected chi connectivity index (χ4v) is 1.87. The fraction of sp³-hybridized carbons (Fsp3) is 0.0714. The van der Waals surface area contributed by atoms with Gasteiger partial charge in [-0.3, -0.25) is 25.4 Å². The van der Waals surface area contributed by atoms with Gasteiger partial charge in [-0.1, -0.05) is 22.0 Å². The lowest BCUT2D eigenvalue weighted by Gasteiger charge is -2.08. The first kappa shape index (κ1) is 14.2. The van der Waals surface area contributed by atoms with E-state index in [0.717, 1.165) is 10.0 Å². The van der Waals surface area contributed by atoms with Gasteiger partial charge in [-0.15, -0.1) is 0 Å². The number of aromatic nitrogens is 1. The molecule has 1 aromatic carbocycles. The highest BCUT2D eigenvalue weighted by atomic mass is 79.9. The van der Waals surface area contributed by atoms with Gasteiger partial charge in [-0.2, -0.15) is 0 Å². The SMILES string of the molecule is Cc1ccc(C(=O)NNC(=O)c2cccnc2)cc1Br. The molecule has 6 heteroatoms. The lowest BCUT2D eigenvalue weighted by molar-refractivity contribution is 0.0846. The number of hydrogen-bond acceptors (Lipinski definition) is 3. The van der Waals surface area contributed by atoms with Crippen molar-refractivity contribution in [3.8, 4) is 0 Å². The molecule has 102 valence electrons. The van der Waals surface area contributed by atoms with Gasteiger partial charge in [0.2, 0.25) is 0 Å². The van der Waals surface area contributed by atoms with Crippen LogP contribution in [0.5, 0.6) is 0 Å². The maximum atomic E-state index is 11.9. The highest BCUT2D eigenvalue weighted by Crippen LogP contribution is 2.17. The van der Waals surface area contributed by atoms with Crippen molar-refractivity contribution in [2.45, 2.75) is 6.92 Å². The molecule has 0 radical (unpaired) electrons. The number of carbonyl (C=O) groups excluding carboxylic acids is 2. The van der Waals surface area contributed by atoms with Crippen molar-refractivity contribution in [2.24, 2.45) is 0 Å². The number of benzene rings is 1. The van der Waals surface area contributed by atoms with Gasteiger partial charge in [0.1, 0.15) is 0 Å². The van der Waals surface area contributed by atoms with Crippen LogP contribution in [0.3, 0.4) is 0 Å². The van der Waals surface area contributed by atoms with E-state index in [1.807, 2.05) is 13.0 Å². The molecule has 0 saturated carbocycles. The number of nitrogens with one attached hydrogen (secondary N) is 2. The lowest BCUT2D eigenvalue weighted by atomic mass is 10.1. The van der Waals surface area contributed by atoms with Gasteiger partial charge in [-0.05, 0) is 36.8 Å². The van der Waals surface area contributed by atoms with Crippen molar-refractivity contribution in [1.29, 1.82) is 0 Å². The topological polar surface area (TPSA) is 71.1 Å². The molecule has 1 heterocycles. The van der Waals surface area contributed by atoms with Crippen LogP contribution in [0.2, 0.25) is 0 Å². The minimum absolute atomic E-state index is 0.373. The van der Waals surface area contributed by atoms with Crippen molar-refractivity contribution in [3.05, 3.63) is 63.9 Å². The van der Waals surface area contributed by atoms with Gasteiger partial charge in [0.15, 0.2) is 0 Å². The average molecular weight is 334 g/mol. The molecule has 1 aromatic heterocycles. The molecule has 0 unspecified atom stereocenters. The van der Waals surface area contributed by atoms with Gasteiger partial charge >= 0.3 is 0 Å². The van der Waals surface area contributed by atoms with Crippen LogP contribution in [0.4, 0.5) is 0 Å². The lowest BCUT2D eigenvalue weighted by Crippen LogP contribution is -2.41. The predicted molar refractivity (Wildman–Crippen MR) is 78.0 cm³/mol. The van der Waals surface area contributed by atoms with Crippen LogP contribution < -0.4 is 10.9 Å². The van der Waals surface area contributed by atoms with Gasteiger partial charge in [0.05, 0.1) is 5.56 Å². The molecule has 2 N–H and O–H groups in total. The number of nitrogens with zero attached hydrogens (tertiary/aromatic N) is 1. The molecule has 0 fully saturated rings. The van der Waals surface area contributed by atoms with Crippen LogP contribution in [0.15, 0.2) is 47.2 Å². The Morgan fingerprint density at radius 3 is 2.40 bits per heavy atom. The minimum atomic E-state index is -0.419. The van der Waals surface area contributed by atoms with Crippen molar-refractivity contribution >= 4 is 27.7 Å². The number of hydrazine groups is 1. The Bertz CT molecular complexity index is 644. The first-order valence-corrected chi connectivity index (χ1v) is 6.64. The third-order valence-electron chi connectivity index (χ3n) is 2.65. The number of halogens is 1. The maximum Gasteiger partial charge on any atom is 0.271 e. The number of pyridine rings is 1. The number of aryl methyl sites for hydroxylation is 1. The van der Waals surface area contributed by atoms with Crippen LogP contribution in [0.25, 0.3) is 0 Å². The van der Waals surface area contributed by atoms with E-state index in [9.17, 15) is 9.59 Å². The fourth-order valence-electron chi connectivity index (χ4n) is 1.49. The molecular formula is C14H12BrN3O2. The van der Waals surface area contributed by atoms with Crippen molar-refractivity contribution in [2.75, 3.05) is 0 Å². The van der Waals surface area contributed by atoms with Crippen LogP contribution >= 0.6 is 15.9 Å². The first-order valence-electron chi connectivity index (χ1n) is 5.85. The smallest absolute Gasteiger partial charge is 0.267 e. The molecule has 0 saturated heterocycles. The van der Waals surface area contributed by atoms with Crippen molar-refractivity contribution in [3.63, 3.8) is 0 Å². The zero-order chi connectivity index (χ0) is 14.5. The van der Waals surface area contributed by atoms with Crippen LogP contribution in [0.1, 0.15) is 26.3 Å². The van der Waals surface area contributed by atoms with Crippen molar-refractivity contribution < 1.29 is 9.59 Å². The minimum Gasteiger partial charge on any atom is -0.267 e. The highest BCUT2D eigenvalue weighted by Gasteiger charge is 2.09. The van der Waals surface area contributed by atoms with Gasteiger partial charge in [0, 0.05) is 22.4 Å². The normalized spacial score (nSPS) is 9.90. The molecule has 0 aliphatic heterocycles. The summed E-state index contributed by atoms with van der Waals surface area (Å²) in [5.74, 6) is -0.805. The number of carbonyl (C=O) groups is 2. The Balaban J connectivity index is 1.98. The molecule has 0 spiro atoms. The Labute approximate surface area is 124 Å². The summed E-state index contributed by atoms with van der Waals surface area (Å²) >= 11 is 3.36. The third kappa shape index (κ3) is 3.42. The Hall–Kier alpha value is -2.21. The van der Waals surface area contributed by atoms with E-state index in [1.54, 1.807) is 30.5 Å². The Morgan fingerprint density at radius 2 is 1.80 bits per heavy atom. The largest absolute Gasteiger partial charge is 0.271 e. The van der Waals surface area contributed by atoms with E-state index in [-0.39, 0.29) is 5.91 Å². The highest BCUT2D eigenvalue weighted by molar-refractivity contribution is 9.10. The zero-order valence-electron chi connectivity index (χ0n) is 10.7. The van der Waals surface area contributed by atoms with E-state index >= 15 is 0 Å². The van der Waals surface area contributed by atoms with Gasteiger partial charge in [0.25, 0.3) is 11.8 Å². The Kier molecular flexibility index (Phi) is 4.47. The molecule has 2 aromatic rings. The third-order valence-corrected chi connectivity index (χ3v) is 3.50. The average Bonchev–Trinajstić information content (AvgIpc) is 2.48.